The molecule has 2 saturated heterocycles. The average molecular weight is 472 g/mol. The first kappa shape index (κ1) is 23.9. The van der Waals surface area contributed by atoms with Crippen molar-refractivity contribution in [1.29, 1.82) is 0 Å². The monoisotopic (exact) mass is 471 g/mol. The summed E-state index contributed by atoms with van der Waals surface area (Å²) >= 11 is 0. The third-order valence-electron chi connectivity index (χ3n) is 6.33. The third-order valence-corrected chi connectivity index (χ3v) is 8.18. The van der Waals surface area contributed by atoms with E-state index in [0.29, 0.717) is 44.0 Å². The Morgan fingerprint density at radius 2 is 1.55 bits per heavy atom. The fourth-order valence-corrected chi connectivity index (χ4v) is 5.90. The highest BCUT2D eigenvalue weighted by Gasteiger charge is 2.24. The van der Waals surface area contributed by atoms with Crippen LogP contribution in [0.4, 0.5) is 0 Å². The van der Waals surface area contributed by atoms with Gasteiger partial charge in [-0.3, -0.25) is 9.69 Å². The van der Waals surface area contributed by atoms with Gasteiger partial charge in [-0.15, -0.1) is 0 Å². The lowest BCUT2D eigenvalue weighted by Gasteiger charge is -2.27. The summed E-state index contributed by atoms with van der Waals surface area (Å²) in [5, 5.41) is 3.01. The number of morpholine rings is 1. The summed E-state index contributed by atoms with van der Waals surface area (Å²) in [5.74, 6) is -0.232. The normalized spacial score (nSPS) is 18.2. The van der Waals surface area contributed by atoms with E-state index in [9.17, 15) is 13.2 Å². The Kier molecular flexibility index (Phi) is 8.14. The number of nitrogens with zero attached hydrogens (tertiary/aromatic N) is 2. The van der Waals surface area contributed by atoms with E-state index in [-0.39, 0.29) is 11.7 Å². The van der Waals surface area contributed by atoms with Crippen LogP contribution in [0.1, 0.15) is 46.3 Å². The van der Waals surface area contributed by atoms with E-state index in [4.69, 9.17) is 4.74 Å². The van der Waals surface area contributed by atoms with E-state index >= 15 is 0 Å². The topological polar surface area (TPSA) is 79.0 Å². The molecule has 0 bridgehead atoms. The van der Waals surface area contributed by atoms with Crippen LogP contribution in [0.15, 0.2) is 48.5 Å². The Labute approximate surface area is 196 Å². The van der Waals surface area contributed by atoms with Crippen LogP contribution >= 0.6 is 0 Å². The first-order valence-corrected chi connectivity index (χ1v) is 13.3. The lowest BCUT2D eigenvalue weighted by atomic mass is 10.0. The Hall–Kier alpha value is -2.26. The fraction of sp³-hybridized carbons (Fsp3) is 0.480. The van der Waals surface area contributed by atoms with Gasteiger partial charge in [-0.05, 0) is 54.8 Å². The second-order valence-electron chi connectivity index (χ2n) is 8.75. The minimum atomic E-state index is -3.38. The van der Waals surface area contributed by atoms with E-state index in [2.05, 4.69) is 22.3 Å². The molecule has 4 rings (SSSR count). The van der Waals surface area contributed by atoms with Crippen LogP contribution in [-0.2, 0) is 33.6 Å². The van der Waals surface area contributed by atoms with Crippen molar-refractivity contribution in [2.75, 3.05) is 39.4 Å². The Morgan fingerprint density at radius 1 is 0.879 bits per heavy atom. The van der Waals surface area contributed by atoms with Crippen molar-refractivity contribution in [3.05, 3.63) is 70.8 Å². The zero-order valence-electron chi connectivity index (χ0n) is 19.0. The third kappa shape index (κ3) is 6.63. The van der Waals surface area contributed by atoms with Crippen LogP contribution in [0.5, 0.6) is 0 Å². The highest BCUT2D eigenvalue weighted by atomic mass is 32.2. The van der Waals surface area contributed by atoms with E-state index in [1.807, 2.05) is 12.1 Å². The summed E-state index contributed by atoms with van der Waals surface area (Å²) in [5.41, 5.74) is 3.58. The fourth-order valence-electron chi connectivity index (χ4n) is 4.40. The van der Waals surface area contributed by atoms with Gasteiger partial charge in [-0.1, -0.05) is 42.8 Å². The number of piperidine rings is 1. The molecule has 1 N–H and O–H groups in total. The molecule has 0 radical (unpaired) electrons. The molecule has 0 aliphatic carbocycles. The number of likely N-dealkylation sites (tertiary alicyclic amines) is 1. The number of amides is 1. The smallest absolute Gasteiger partial charge is 0.251 e. The minimum absolute atomic E-state index is 0.0707. The van der Waals surface area contributed by atoms with Crippen LogP contribution in [0, 0.1) is 0 Å². The molecule has 2 fully saturated rings. The number of rotatable bonds is 8. The zero-order valence-corrected chi connectivity index (χ0v) is 19.9. The Balaban J connectivity index is 1.33. The van der Waals surface area contributed by atoms with Crippen molar-refractivity contribution in [2.45, 2.75) is 38.1 Å². The van der Waals surface area contributed by atoms with Gasteiger partial charge in [0.1, 0.15) is 0 Å². The molecule has 33 heavy (non-hydrogen) atoms. The molecule has 8 heteroatoms. The van der Waals surface area contributed by atoms with E-state index < -0.39 is 10.0 Å². The summed E-state index contributed by atoms with van der Waals surface area (Å²) in [4.78, 5) is 15.2. The largest absolute Gasteiger partial charge is 0.379 e. The van der Waals surface area contributed by atoms with E-state index in [1.54, 1.807) is 24.3 Å². The molecule has 2 heterocycles. The van der Waals surface area contributed by atoms with Crippen molar-refractivity contribution in [3.8, 4) is 0 Å². The molecular formula is C25H33N3O4S. The van der Waals surface area contributed by atoms with Gasteiger partial charge in [0.15, 0.2) is 0 Å². The number of hydrogen-bond donors (Lipinski definition) is 1. The van der Waals surface area contributed by atoms with Crippen LogP contribution in [0.25, 0.3) is 0 Å². The molecule has 0 atom stereocenters. The van der Waals surface area contributed by atoms with Gasteiger partial charge in [0.25, 0.3) is 5.91 Å². The molecule has 0 spiro atoms. The number of carbonyl (C=O) groups is 1. The average Bonchev–Trinajstić information content (AvgIpc) is 2.85. The lowest BCUT2D eigenvalue weighted by molar-refractivity contribution is 0.0729. The molecule has 0 saturated carbocycles. The van der Waals surface area contributed by atoms with Crippen LogP contribution in [0.2, 0.25) is 0 Å². The summed E-state index contributed by atoms with van der Waals surface area (Å²) in [6.07, 6.45) is 3.82. The van der Waals surface area contributed by atoms with Crippen LogP contribution in [0.3, 0.4) is 0 Å². The number of ether oxygens (including phenoxy) is 1. The number of benzene rings is 2. The molecule has 1 amide bonds. The van der Waals surface area contributed by atoms with Gasteiger partial charge < -0.3 is 10.1 Å². The number of nitrogens with one attached hydrogen (secondary N) is 1. The Morgan fingerprint density at radius 3 is 2.24 bits per heavy atom. The molecule has 2 aromatic rings. The summed E-state index contributed by atoms with van der Waals surface area (Å²) in [6.45, 7) is 5.29. The van der Waals surface area contributed by atoms with Gasteiger partial charge in [0.05, 0.1) is 19.0 Å². The van der Waals surface area contributed by atoms with Crippen molar-refractivity contribution in [3.63, 3.8) is 0 Å². The number of hydrogen-bond acceptors (Lipinski definition) is 5. The highest BCUT2D eigenvalue weighted by molar-refractivity contribution is 7.88. The van der Waals surface area contributed by atoms with Crippen LogP contribution in [-0.4, -0.2) is 62.9 Å². The predicted molar refractivity (Wildman–Crippen MR) is 128 cm³/mol. The van der Waals surface area contributed by atoms with Crippen molar-refractivity contribution in [1.82, 2.24) is 14.5 Å². The van der Waals surface area contributed by atoms with Gasteiger partial charge in [0, 0.05) is 31.7 Å². The van der Waals surface area contributed by atoms with Crippen molar-refractivity contribution >= 4 is 15.9 Å². The maximum Gasteiger partial charge on any atom is 0.251 e. The highest BCUT2D eigenvalue weighted by Crippen LogP contribution is 2.17. The van der Waals surface area contributed by atoms with Crippen LogP contribution < -0.4 is 5.32 Å². The molecule has 2 aliphatic rings. The molecule has 2 aliphatic heterocycles. The number of sulfonamides is 1. The first-order valence-electron chi connectivity index (χ1n) is 11.7. The maximum atomic E-state index is 12.7. The van der Waals surface area contributed by atoms with Gasteiger partial charge in [-0.2, -0.15) is 4.31 Å². The van der Waals surface area contributed by atoms with E-state index in [1.165, 1.54) is 29.1 Å². The maximum absolute atomic E-state index is 12.7. The van der Waals surface area contributed by atoms with Gasteiger partial charge in [0.2, 0.25) is 10.0 Å². The summed E-state index contributed by atoms with van der Waals surface area (Å²) in [6, 6.07) is 15.1. The predicted octanol–water partition coefficient (Wildman–Crippen LogP) is 2.76. The molecule has 178 valence electrons. The summed E-state index contributed by atoms with van der Waals surface area (Å²) in [7, 11) is -3.38. The number of carbonyl (C=O) groups excluding carboxylic acids is 1. The molecule has 2 aromatic carbocycles. The lowest BCUT2D eigenvalue weighted by Crippen LogP contribution is -2.41. The second-order valence-corrected chi connectivity index (χ2v) is 10.7. The van der Waals surface area contributed by atoms with Gasteiger partial charge in [-0.25, -0.2) is 8.42 Å². The second kappa shape index (κ2) is 11.2. The standard InChI is InChI=1S/C25H33N3O4S/c29-25(26-18-23-6-2-3-7-24(23)19-27-12-4-1-5-13-27)22-10-8-21(9-11-22)20-33(30,31)28-14-16-32-17-15-28/h2-3,6-11H,1,4-5,12-20H2,(H,26,29). The van der Waals surface area contributed by atoms with Crippen molar-refractivity contribution in [2.24, 2.45) is 0 Å². The molecule has 0 unspecified atom stereocenters. The molecule has 7 nitrogen and oxygen atoms in total. The Bertz CT molecular complexity index is 1030. The van der Waals surface area contributed by atoms with Crippen molar-refractivity contribution < 1.29 is 17.9 Å². The summed E-state index contributed by atoms with van der Waals surface area (Å²) < 4.78 is 31.9. The minimum Gasteiger partial charge on any atom is -0.379 e. The molecular weight excluding hydrogens is 438 g/mol. The van der Waals surface area contributed by atoms with Gasteiger partial charge >= 0.3 is 0 Å². The SMILES string of the molecule is O=C(NCc1ccccc1CN1CCCCC1)c1ccc(CS(=O)(=O)N2CCOCC2)cc1. The quantitative estimate of drug-likeness (QED) is 0.641. The zero-order chi connectivity index (χ0) is 23.1. The molecule has 0 aromatic heterocycles. The van der Waals surface area contributed by atoms with E-state index in [0.717, 1.165) is 25.2 Å². The first-order chi connectivity index (χ1) is 16.0.